The zero-order chi connectivity index (χ0) is 23.8. The smallest absolute Gasteiger partial charge is 0.301 e. The lowest BCUT2D eigenvalue weighted by Crippen LogP contribution is -2.29. The number of ether oxygens (including phenoxy) is 1. The van der Waals surface area contributed by atoms with E-state index in [0.29, 0.717) is 40.1 Å². The molecule has 0 aliphatic carbocycles. The van der Waals surface area contributed by atoms with E-state index in [0.717, 1.165) is 0 Å². The Kier molecular flexibility index (Phi) is 5.46. The average molecular weight is 473 g/mol. The van der Waals surface area contributed by atoms with Crippen LogP contribution in [0.4, 0.5) is 5.13 Å². The summed E-state index contributed by atoms with van der Waals surface area (Å²) < 4.78 is 7.26. The number of anilines is 1. The third-order valence-electron chi connectivity index (χ3n) is 5.56. The molecule has 4 aromatic rings. The molecule has 1 aliphatic rings. The van der Waals surface area contributed by atoms with Gasteiger partial charge in [0.15, 0.2) is 10.9 Å². The standard InChI is InChI=1S/C25H20N4O4S/c1-3-13-33-17-9-7-16(8-10-17)21-19(23(31)24(32)29(21)25-26-11-14-34-25)22(30)20-15(2)27-18-6-4-5-12-28(18)20/h3-12,14,21,30H,1,13H2,2H3. The maximum atomic E-state index is 13.3. The van der Waals surface area contributed by atoms with Crippen LogP contribution in [0.2, 0.25) is 0 Å². The van der Waals surface area contributed by atoms with E-state index in [1.807, 2.05) is 6.07 Å². The second-order valence-corrected chi connectivity index (χ2v) is 8.50. The van der Waals surface area contributed by atoms with Crippen LogP contribution in [-0.4, -0.2) is 37.8 Å². The van der Waals surface area contributed by atoms with E-state index in [9.17, 15) is 14.7 Å². The molecule has 1 aromatic carbocycles. The third kappa shape index (κ3) is 3.46. The fourth-order valence-electron chi connectivity index (χ4n) is 4.11. The van der Waals surface area contributed by atoms with Gasteiger partial charge in [0.1, 0.15) is 23.7 Å². The number of rotatable bonds is 6. The fraction of sp³-hybridized carbons (Fsp3) is 0.120. The third-order valence-corrected chi connectivity index (χ3v) is 6.33. The van der Waals surface area contributed by atoms with Crippen LogP contribution in [0, 0.1) is 6.92 Å². The highest BCUT2D eigenvalue weighted by atomic mass is 32.1. The van der Waals surface area contributed by atoms with Gasteiger partial charge in [-0.1, -0.05) is 30.9 Å². The van der Waals surface area contributed by atoms with Gasteiger partial charge >= 0.3 is 5.91 Å². The number of Topliss-reactive ketones (excluding diaryl/α,β-unsaturated/α-hetero) is 1. The van der Waals surface area contributed by atoms with E-state index in [1.54, 1.807) is 71.6 Å². The minimum Gasteiger partial charge on any atom is -0.505 e. The van der Waals surface area contributed by atoms with Gasteiger partial charge in [-0.3, -0.25) is 18.9 Å². The van der Waals surface area contributed by atoms with Crippen molar-refractivity contribution in [3.8, 4) is 5.75 Å². The lowest BCUT2D eigenvalue weighted by Gasteiger charge is -2.23. The zero-order valence-electron chi connectivity index (χ0n) is 18.2. The normalized spacial score (nSPS) is 17.4. The molecule has 1 unspecified atom stereocenters. The molecule has 0 bridgehead atoms. The highest BCUT2D eigenvalue weighted by Crippen LogP contribution is 2.43. The molecule has 1 fully saturated rings. The predicted molar refractivity (Wildman–Crippen MR) is 129 cm³/mol. The van der Waals surface area contributed by atoms with E-state index in [-0.39, 0.29) is 11.3 Å². The van der Waals surface area contributed by atoms with Gasteiger partial charge in [0.05, 0.1) is 17.3 Å². The Bertz CT molecular complexity index is 1440. The summed E-state index contributed by atoms with van der Waals surface area (Å²) in [6, 6.07) is 11.6. The van der Waals surface area contributed by atoms with Crippen LogP contribution in [0.5, 0.6) is 5.75 Å². The second kappa shape index (κ2) is 8.60. The van der Waals surface area contributed by atoms with Crippen molar-refractivity contribution in [2.75, 3.05) is 11.5 Å². The first-order chi connectivity index (χ1) is 16.5. The Balaban J connectivity index is 1.71. The molecular formula is C25H20N4O4S. The van der Waals surface area contributed by atoms with Crippen molar-refractivity contribution >= 4 is 39.6 Å². The average Bonchev–Trinajstić information content (AvgIpc) is 3.54. The number of imidazole rings is 1. The summed E-state index contributed by atoms with van der Waals surface area (Å²) in [5, 5.41) is 13.6. The van der Waals surface area contributed by atoms with E-state index in [4.69, 9.17) is 4.74 Å². The Morgan fingerprint density at radius 1 is 1.24 bits per heavy atom. The van der Waals surface area contributed by atoms with Crippen LogP contribution in [0.25, 0.3) is 11.4 Å². The van der Waals surface area contributed by atoms with Gasteiger partial charge in [0, 0.05) is 17.8 Å². The lowest BCUT2D eigenvalue weighted by molar-refractivity contribution is -0.132. The molecular weight excluding hydrogens is 452 g/mol. The molecule has 4 heterocycles. The number of carbonyl (C=O) groups excluding carboxylic acids is 2. The summed E-state index contributed by atoms with van der Waals surface area (Å²) in [7, 11) is 0. The first-order valence-electron chi connectivity index (χ1n) is 10.5. The number of aryl methyl sites for hydroxylation is 1. The highest BCUT2D eigenvalue weighted by molar-refractivity contribution is 7.14. The molecule has 3 aromatic heterocycles. The maximum absolute atomic E-state index is 13.3. The highest BCUT2D eigenvalue weighted by Gasteiger charge is 2.48. The number of ketones is 1. The number of aromatic nitrogens is 3. The fourth-order valence-corrected chi connectivity index (χ4v) is 4.78. The Labute approximate surface area is 199 Å². The summed E-state index contributed by atoms with van der Waals surface area (Å²) in [6.45, 7) is 5.74. The number of pyridine rings is 1. The first kappa shape index (κ1) is 21.6. The van der Waals surface area contributed by atoms with E-state index in [1.165, 1.54) is 16.2 Å². The van der Waals surface area contributed by atoms with Crippen molar-refractivity contribution in [2.24, 2.45) is 0 Å². The van der Waals surface area contributed by atoms with E-state index in [2.05, 4.69) is 16.5 Å². The molecule has 9 heteroatoms. The van der Waals surface area contributed by atoms with Gasteiger partial charge in [0.25, 0.3) is 5.78 Å². The summed E-state index contributed by atoms with van der Waals surface area (Å²) in [4.78, 5) is 36.5. The lowest BCUT2D eigenvalue weighted by atomic mass is 9.96. The molecule has 1 N–H and O–H groups in total. The number of benzene rings is 1. The molecule has 34 heavy (non-hydrogen) atoms. The molecule has 1 saturated heterocycles. The summed E-state index contributed by atoms with van der Waals surface area (Å²) in [5.74, 6) is -1.20. The van der Waals surface area contributed by atoms with Crippen LogP contribution in [-0.2, 0) is 9.59 Å². The van der Waals surface area contributed by atoms with Gasteiger partial charge in [-0.15, -0.1) is 11.3 Å². The minimum atomic E-state index is -0.867. The van der Waals surface area contributed by atoms with E-state index >= 15 is 0 Å². The van der Waals surface area contributed by atoms with Gasteiger partial charge in [-0.25, -0.2) is 9.97 Å². The molecule has 1 aliphatic heterocycles. The topological polar surface area (TPSA) is 97.0 Å². The summed E-state index contributed by atoms with van der Waals surface area (Å²) in [5.41, 5.74) is 2.14. The van der Waals surface area contributed by atoms with Gasteiger partial charge < -0.3 is 9.84 Å². The van der Waals surface area contributed by atoms with Gasteiger partial charge in [-0.05, 0) is 36.8 Å². The zero-order valence-corrected chi connectivity index (χ0v) is 19.0. The first-order valence-corrected chi connectivity index (χ1v) is 11.4. The number of hydrogen-bond acceptors (Lipinski definition) is 7. The van der Waals surface area contributed by atoms with Crippen molar-refractivity contribution in [3.63, 3.8) is 0 Å². The van der Waals surface area contributed by atoms with Crippen molar-refractivity contribution in [1.29, 1.82) is 0 Å². The largest absolute Gasteiger partial charge is 0.505 e. The van der Waals surface area contributed by atoms with Gasteiger partial charge in [-0.2, -0.15) is 0 Å². The number of carbonyl (C=O) groups is 2. The minimum absolute atomic E-state index is 0.0197. The van der Waals surface area contributed by atoms with Crippen LogP contribution in [0.1, 0.15) is 23.0 Å². The van der Waals surface area contributed by atoms with E-state index < -0.39 is 17.7 Å². The molecule has 0 spiro atoms. The molecule has 0 saturated carbocycles. The van der Waals surface area contributed by atoms with Crippen molar-refractivity contribution in [3.05, 3.63) is 95.4 Å². The van der Waals surface area contributed by atoms with Crippen molar-refractivity contribution in [2.45, 2.75) is 13.0 Å². The number of fused-ring (bicyclic) bond motifs is 1. The quantitative estimate of drug-likeness (QED) is 0.195. The molecule has 1 atom stereocenters. The Morgan fingerprint density at radius 3 is 2.74 bits per heavy atom. The van der Waals surface area contributed by atoms with Crippen molar-refractivity contribution < 1.29 is 19.4 Å². The van der Waals surface area contributed by atoms with Crippen LogP contribution in [0.15, 0.2) is 78.5 Å². The monoisotopic (exact) mass is 472 g/mol. The summed E-state index contributed by atoms with van der Waals surface area (Å²) in [6.07, 6.45) is 4.96. The number of aliphatic hydroxyl groups excluding tert-OH is 1. The Hall–Kier alpha value is -4.24. The molecule has 170 valence electrons. The Morgan fingerprint density at radius 2 is 2.03 bits per heavy atom. The number of amides is 1. The SMILES string of the molecule is C=CCOc1ccc(C2C(=C(O)c3c(C)nc4ccccn34)C(=O)C(=O)N2c2nccs2)cc1. The molecule has 0 radical (unpaired) electrons. The number of aliphatic hydroxyl groups is 1. The van der Waals surface area contributed by atoms with Crippen molar-refractivity contribution in [1.82, 2.24) is 14.4 Å². The second-order valence-electron chi connectivity index (χ2n) is 7.63. The predicted octanol–water partition coefficient (Wildman–Crippen LogP) is 4.29. The van der Waals surface area contributed by atoms with Crippen LogP contribution >= 0.6 is 11.3 Å². The van der Waals surface area contributed by atoms with Crippen LogP contribution < -0.4 is 9.64 Å². The van der Waals surface area contributed by atoms with Gasteiger partial charge in [0.2, 0.25) is 0 Å². The number of nitrogens with zero attached hydrogens (tertiary/aromatic N) is 4. The number of thiazole rings is 1. The molecule has 5 rings (SSSR count). The maximum Gasteiger partial charge on any atom is 0.301 e. The molecule has 8 nitrogen and oxygen atoms in total. The van der Waals surface area contributed by atoms with Crippen LogP contribution in [0.3, 0.4) is 0 Å². The number of hydrogen-bond donors (Lipinski definition) is 1. The molecule has 1 amide bonds. The summed E-state index contributed by atoms with van der Waals surface area (Å²) >= 11 is 1.24.